The van der Waals surface area contributed by atoms with Crippen LogP contribution in [0.1, 0.15) is 45.4 Å². The van der Waals surface area contributed by atoms with Crippen molar-refractivity contribution in [2.45, 2.75) is 25.0 Å². The number of esters is 1. The van der Waals surface area contributed by atoms with Crippen molar-refractivity contribution in [1.29, 1.82) is 0 Å². The van der Waals surface area contributed by atoms with Gasteiger partial charge in [0, 0.05) is 18.8 Å². The summed E-state index contributed by atoms with van der Waals surface area (Å²) in [4.78, 5) is 53.7. The first-order chi connectivity index (χ1) is 20.4. The third-order valence-electron chi connectivity index (χ3n) is 6.74. The van der Waals surface area contributed by atoms with Crippen LogP contribution >= 0.6 is 0 Å². The van der Waals surface area contributed by atoms with E-state index in [2.05, 4.69) is 10.6 Å². The third-order valence-corrected chi connectivity index (χ3v) is 6.74. The Labute approximate surface area is 242 Å². The molecule has 2 N–H and O–H groups in total. The molecule has 1 aliphatic heterocycles. The number of carbonyl (C=O) groups excluding carboxylic acids is 4. The average molecular weight is 580 g/mol. The molecule has 1 aromatic heterocycles. The van der Waals surface area contributed by atoms with Crippen molar-refractivity contribution in [2.24, 2.45) is 0 Å². The third kappa shape index (κ3) is 7.07. The standard InChI is InChI=1S/C30H33N3O9/c1-38-23-13-10-20(16-25(23)39-2)27(29(36)31-17-22-6-4-14-41-22)33(21-11-8-19(9-12-21)30(37)40-3)26(34)18-32-28(35)24-7-5-15-42-24/h5,7-13,15-16,22,27H,4,6,14,17-18H2,1-3H3,(H,31,36)(H,32,35)/t22-,27-/m0/s1. The second-order valence-electron chi connectivity index (χ2n) is 9.36. The van der Waals surface area contributed by atoms with Gasteiger partial charge in [-0.2, -0.15) is 0 Å². The lowest BCUT2D eigenvalue weighted by atomic mass is 10.0. The molecular formula is C30H33N3O9. The Balaban J connectivity index is 1.74. The molecule has 1 aliphatic rings. The number of hydrogen-bond donors (Lipinski definition) is 2. The molecule has 222 valence electrons. The zero-order chi connectivity index (χ0) is 30.1. The summed E-state index contributed by atoms with van der Waals surface area (Å²) < 4.78 is 26.4. The highest BCUT2D eigenvalue weighted by molar-refractivity contribution is 6.04. The molecule has 0 spiro atoms. The van der Waals surface area contributed by atoms with Crippen LogP contribution in [0.5, 0.6) is 11.5 Å². The van der Waals surface area contributed by atoms with Crippen molar-refractivity contribution >= 4 is 29.4 Å². The smallest absolute Gasteiger partial charge is 0.337 e. The van der Waals surface area contributed by atoms with Crippen molar-refractivity contribution in [3.8, 4) is 11.5 Å². The van der Waals surface area contributed by atoms with E-state index in [1.807, 2.05) is 0 Å². The molecule has 0 aliphatic carbocycles. The van der Waals surface area contributed by atoms with E-state index < -0.39 is 36.3 Å². The molecule has 1 saturated heterocycles. The number of nitrogens with zero attached hydrogens (tertiary/aromatic N) is 1. The van der Waals surface area contributed by atoms with Gasteiger partial charge in [0.2, 0.25) is 11.8 Å². The van der Waals surface area contributed by atoms with E-state index in [9.17, 15) is 19.2 Å². The van der Waals surface area contributed by atoms with Crippen molar-refractivity contribution < 1.29 is 42.5 Å². The number of nitrogens with one attached hydrogen (secondary N) is 2. The number of anilines is 1. The quantitative estimate of drug-likeness (QED) is 0.309. The van der Waals surface area contributed by atoms with Crippen LogP contribution in [-0.4, -0.2) is 70.8 Å². The highest BCUT2D eigenvalue weighted by atomic mass is 16.5. The molecule has 1 fully saturated rings. The second kappa shape index (κ2) is 14.2. The largest absolute Gasteiger partial charge is 0.493 e. The van der Waals surface area contributed by atoms with Gasteiger partial charge < -0.3 is 34.0 Å². The van der Waals surface area contributed by atoms with E-state index in [4.69, 9.17) is 23.4 Å². The predicted octanol–water partition coefficient (Wildman–Crippen LogP) is 2.88. The van der Waals surface area contributed by atoms with Crippen LogP contribution < -0.4 is 25.0 Å². The fraction of sp³-hybridized carbons (Fsp3) is 0.333. The van der Waals surface area contributed by atoms with Gasteiger partial charge in [-0.25, -0.2) is 4.79 Å². The van der Waals surface area contributed by atoms with Crippen LogP contribution in [0.2, 0.25) is 0 Å². The molecule has 2 atom stereocenters. The highest BCUT2D eigenvalue weighted by Crippen LogP contribution is 2.34. The molecule has 3 aromatic rings. The molecule has 42 heavy (non-hydrogen) atoms. The van der Waals surface area contributed by atoms with E-state index in [1.54, 1.807) is 24.3 Å². The van der Waals surface area contributed by atoms with Gasteiger partial charge in [0.25, 0.3) is 5.91 Å². The lowest BCUT2D eigenvalue weighted by Crippen LogP contribution is -2.48. The number of furan rings is 1. The number of benzene rings is 2. The zero-order valence-electron chi connectivity index (χ0n) is 23.6. The molecule has 3 amide bonds. The van der Waals surface area contributed by atoms with Crippen molar-refractivity contribution in [3.05, 3.63) is 77.7 Å². The lowest BCUT2D eigenvalue weighted by molar-refractivity contribution is -0.126. The van der Waals surface area contributed by atoms with Crippen LogP contribution in [0.3, 0.4) is 0 Å². The molecule has 0 saturated carbocycles. The SMILES string of the molecule is COC(=O)c1ccc(N(C(=O)CNC(=O)c2ccco2)[C@H](C(=O)NC[C@@H]2CCCO2)c2ccc(OC)c(OC)c2)cc1. The summed E-state index contributed by atoms with van der Waals surface area (Å²) in [6, 6.07) is 12.7. The summed E-state index contributed by atoms with van der Waals surface area (Å²) in [5, 5.41) is 5.46. The molecule has 12 heteroatoms. The summed E-state index contributed by atoms with van der Waals surface area (Å²) >= 11 is 0. The van der Waals surface area contributed by atoms with Gasteiger partial charge in [-0.15, -0.1) is 0 Å². The predicted molar refractivity (Wildman–Crippen MR) is 151 cm³/mol. The first kappa shape index (κ1) is 30.1. The Morgan fingerprint density at radius 3 is 2.36 bits per heavy atom. The Bertz CT molecular complexity index is 1380. The van der Waals surface area contributed by atoms with Gasteiger partial charge in [-0.05, 0) is 66.9 Å². The van der Waals surface area contributed by atoms with E-state index in [1.165, 1.54) is 62.8 Å². The van der Waals surface area contributed by atoms with Crippen LogP contribution in [0.25, 0.3) is 0 Å². The molecule has 2 aromatic carbocycles. The fourth-order valence-corrected chi connectivity index (χ4v) is 4.61. The van der Waals surface area contributed by atoms with Gasteiger partial charge in [0.1, 0.15) is 6.04 Å². The van der Waals surface area contributed by atoms with E-state index in [0.717, 1.165) is 12.8 Å². The molecule has 12 nitrogen and oxygen atoms in total. The normalized spacial score (nSPS) is 14.9. The van der Waals surface area contributed by atoms with Crippen molar-refractivity contribution in [3.63, 3.8) is 0 Å². The monoisotopic (exact) mass is 579 g/mol. The molecule has 0 radical (unpaired) electrons. The van der Waals surface area contributed by atoms with Crippen molar-refractivity contribution in [1.82, 2.24) is 10.6 Å². The maximum atomic E-state index is 13.9. The summed E-state index contributed by atoms with van der Waals surface area (Å²) in [6.07, 6.45) is 2.90. The van der Waals surface area contributed by atoms with Crippen LogP contribution in [-0.2, 0) is 19.1 Å². The molecule has 0 unspecified atom stereocenters. The Kier molecular flexibility index (Phi) is 10.2. The van der Waals surface area contributed by atoms with Gasteiger partial charge in [0.15, 0.2) is 17.3 Å². The number of hydrogen-bond acceptors (Lipinski definition) is 9. The number of carbonyl (C=O) groups is 4. The maximum absolute atomic E-state index is 13.9. The summed E-state index contributed by atoms with van der Waals surface area (Å²) in [5.41, 5.74) is 0.970. The number of ether oxygens (including phenoxy) is 4. The minimum Gasteiger partial charge on any atom is -0.493 e. The zero-order valence-corrected chi connectivity index (χ0v) is 23.6. The molecule has 0 bridgehead atoms. The van der Waals surface area contributed by atoms with E-state index >= 15 is 0 Å². The van der Waals surface area contributed by atoms with E-state index in [-0.39, 0.29) is 24.0 Å². The van der Waals surface area contributed by atoms with Gasteiger partial charge in [-0.1, -0.05) is 6.07 Å². The Morgan fingerprint density at radius 2 is 1.74 bits per heavy atom. The minimum atomic E-state index is -1.21. The number of amides is 3. The van der Waals surface area contributed by atoms with Gasteiger partial charge in [-0.3, -0.25) is 19.3 Å². The topological polar surface area (TPSA) is 146 Å². The number of methoxy groups -OCH3 is 3. The van der Waals surface area contributed by atoms with Crippen LogP contribution in [0.15, 0.2) is 65.3 Å². The maximum Gasteiger partial charge on any atom is 0.337 e. The Morgan fingerprint density at radius 1 is 0.976 bits per heavy atom. The highest BCUT2D eigenvalue weighted by Gasteiger charge is 2.34. The van der Waals surface area contributed by atoms with E-state index in [0.29, 0.717) is 29.4 Å². The van der Waals surface area contributed by atoms with Gasteiger partial charge in [0.05, 0.1) is 45.8 Å². The van der Waals surface area contributed by atoms with Gasteiger partial charge >= 0.3 is 5.97 Å². The van der Waals surface area contributed by atoms with Crippen LogP contribution in [0, 0.1) is 0 Å². The summed E-state index contributed by atoms with van der Waals surface area (Å²) in [7, 11) is 4.22. The second-order valence-corrected chi connectivity index (χ2v) is 9.36. The summed E-state index contributed by atoms with van der Waals surface area (Å²) in [6.45, 7) is 0.411. The first-order valence-electron chi connectivity index (χ1n) is 13.3. The summed E-state index contributed by atoms with van der Waals surface area (Å²) in [5.74, 6) is -1.43. The molecule has 4 rings (SSSR count). The minimum absolute atomic E-state index is 0.0301. The molecule has 2 heterocycles. The van der Waals surface area contributed by atoms with Crippen molar-refractivity contribution in [2.75, 3.05) is 45.9 Å². The molecular weight excluding hydrogens is 546 g/mol. The fourth-order valence-electron chi connectivity index (χ4n) is 4.61. The lowest BCUT2D eigenvalue weighted by Gasteiger charge is -2.32. The van der Waals surface area contributed by atoms with Crippen LogP contribution in [0.4, 0.5) is 5.69 Å². The Hall–Kier alpha value is -4.84. The average Bonchev–Trinajstić information content (AvgIpc) is 3.76. The number of rotatable bonds is 12. The first-order valence-corrected chi connectivity index (χ1v) is 13.3.